The van der Waals surface area contributed by atoms with Gasteiger partial charge in [-0.05, 0) is 24.8 Å². The molecule has 0 amide bonds. The summed E-state index contributed by atoms with van der Waals surface area (Å²) in [5, 5.41) is 0. The Bertz CT molecular complexity index is 367. The van der Waals surface area contributed by atoms with Gasteiger partial charge in [0, 0.05) is 6.42 Å². The molecule has 1 rings (SSSR count). The van der Waals surface area contributed by atoms with Crippen LogP contribution in [0.1, 0.15) is 76.2 Å². The fraction of sp³-hybridized carbons (Fsp3) is 0.550. The maximum absolute atomic E-state index is 10.0. The maximum atomic E-state index is 10.0. The third-order valence-electron chi connectivity index (χ3n) is 3.76. The molecule has 115 valence electrons. The molecule has 0 aliphatic carbocycles. The van der Waals surface area contributed by atoms with Crippen molar-refractivity contribution in [1.82, 2.24) is 0 Å². The van der Waals surface area contributed by atoms with Crippen LogP contribution in [0, 0.1) is 0 Å². The normalized spacial score (nSPS) is 11.0. The molecule has 0 atom stereocenters. The molecule has 0 bridgehead atoms. The van der Waals surface area contributed by atoms with Crippen molar-refractivity contribution in [3.63, 3.8) is 0 Å². The Hall–Kier alpha value is -1.37. The van der Waals surface area contributed by atoms with Crippen molar-refractivity contribution in [2.75, 3.05) is 0 Å². The molecule has 0 heterocycles. The van der Waals surface area contributed by atoms with E-state index in [0.29, 0.717) is 6.42 Å². The number of unbranched alkanes of at least 4 members (excludes halogenated alkanes) is 10. The average molecular weight is 285 g/mol. The summed E-state index contributed by atoms with van der Waals surface area (Å²) >= 11 is 0. The smallest absolute Gasteiger partial charge is 0.198 e. The number of hydrogen-bond acceptors (Lipinski definition) is 1. The SMILES string of the molecule is O=[C]CCCCCCCCCCC/C=C/c1ccccc1. The summed E-state index contributed by atoms with van der Waals surface area (Å²) in [7, 11) is 0. The van der Waals surface area contributed by atoms with E-state index in [1.165, 1.54) is 63.4 Å². The zero-order valence-electron chi connectivity index (χ0n) is 13.2. The minimum atomic E-state index is 0.622. The lowest BCUT2D eigenvalue weighted by Crippen LogP contribution is -1.82. The average Bonchev–Trinajstić information content (AvgIpc) is 2.53. The highest BCUT2D eigenvalue weighted by Gasteiger charge is 1.92. The Morgan fingerprint density at radius 1 is 0.762 bits per heavy atom. The monoisotopic (exact) mass is 285 g/mol. The predicted molar refractivity (Wildman–Crippen MR) is 92.0 cm³/mol. The molecule has 21 heavy (non-hydrogen) atoms. The summed E-state index contributed by atoms with van der Waals surface area (Å²) in [6.07, 6.45) is 19.8. The quantitative estimate of drug-likeness (QED) is 0.400. The fourth-order valence-corrected chi connectivity index (χ4v) is 2.48. The lowest BCUT2D eigenvalue weighted by molar-refractivity contribution is 0.537. The van der Waals surface area contributed by atoms with E-state index in [2.05, 4.69) is 42.5 Å². The van der Waals surface area contributed by atoms with Crippen LogP contribution in [0.4, 0.5) is 0 Å². The largest absolute Gasteiger partial charge is 0.291 e. The number of benzene rings is 1. The van der Waals surface area contributed by atoms with E-state index in [-0.39, 0.29) is 0 Å². The van der Waals surface area contributed by atoms with E-state index in [9.17, 15) is 4.79 Å². The zero-order valence-corrected chi connectivity index (χ0v) is 13.2. The number of hydrogen-bond donors (Lipinski definition) is 0. The lowest BCUT2D eigenvalue weighted by atomic mass is 10.1. The molecule has 1 nitrogen and oxygen atoms in total. The number of allylic oxidation sites excluding steroid dienone is 1. The Labute approximate surface area is 130 Å². The topological polar surface area (TPSA) is 17.1 Å². The van der Waals surface area contributed by atoms with Gasteiger partial charge < -0.3 is 0 Å². The van der Waals surface area contributed by atoms with Gasteiger partial charge >= 0.3 is 0 Å². The first-order valence-electron chi connectivity index (χ1n) is 8.50. The van der Waals surface area contributed by atoms with Gasteiger partial charge in [-0.15, -0.1) is 0 Å². The van der Waals surface area contributed by atoms with E-state index in [4.69, 9.17) is 0 Å². The number of carbonyl (C=O) groups excluding carboxylic acids is 1. The van der Waals surface area contributed by atoms with E-state index >= 15 is 0 Å². The van der Waals surface area contributed by atoms with Crippen LogP contribution < -0.4 is 0 Å². The molecule has 0 fully saturated rings. The third-order valence-corrected chi connectivity index (χ3v) is 3.76. The third kappa shape index (κ3) is 11.0. The van der Waals surface area contributed by atoms with Crippen LogP contribution in [0.5, 0.6) is 0 Å². The van der Waals surface area contributed by atoms with Gasteiger partial charge in [0.05, 0.1) is 0 Å². The molecule has 0 aromatic heterocycles. The first kappa shape index (κ1) is 17.7. The van der Waals surface area contributed by atoms with Crippen molar-refractivity contribution >= 4 is 12.4 Å². The van der Waals surface area contributed by atoms with Gasteiger partial charge in [0.2, 0.25) is 0 Å². The Morgan fingerprint density at radius 2 is 1.33 bits per heavy atom. The van der Waals surface area contributed by atoms with E-state index in [0.717, 1.165) is 6.42 Å². The second kappa shape index (κ2) is 13.6. The van der Waals surface area contributed by atoms with Gasteiger partial charge in [-0.1, -0.05) is 87.4 Å². The first-order chi connectivity index (χ1) is 10.4. The summed E-state index contributed by atoms with van der Waals surface area (Å²) in [6, 6.07) is 10.5. The number of rotatable bonds is 13. The first-order valence-corrected chi connectivity index (χ1v) is 8.50. The van der Waals surface area contributed by atoms with Gasteiger partial charge in [0.25, 0.3) is 0 Å². The Kier molecular flexibility index (Phi) is 11.5. The van der Waals surface area contributed by atoms with Crippen LogP contribution in [0.2, 0.25) is 0 Å². The minimum absolute atomic E-state index is 0.622. The Morgan fingerprint density at radius 3 is 1.95 bits per heavy atom. The van der Waals surface area contributed by atoms with E-state index in [1.54, 1.807) is 0 Å². The molecule has 0 unspecified atom stereocenters. The molecule has 1 heteroatoms. The summed E-state index contributed by atoms with van der Waals surface area (Å²) in [5.41, 5.74) is 1.30. The van der Waals surface area contributed by atoms with Crippen molar-refractivity contribution in [1.29, 1.82) is 0 Å². The highest BCUT2D eigenvalue weighted by molar-refractivity contribution is 5.50. The summed E-state index contributed by atoms with van der Waals surface area (Å²) in [5.74, 6) is 0. The van der Waals surface area contributed by atoms with Gasteiger partial charge in [0.1, 0.15) is 0 Å². The van der Waals surface area contributed by atoms with Gasteiger partial charge in [-0.2, -0.15) is 0 Å². The van der Waals surface area contributed by atoms with Crippen LogP contribution in [-0.2, 0) is 4.79 Å². The molecule has 0 saturated carbocycles. The molecule has 1 aromatic carbocycles. The molecule has 1 radical (unpaired) electrons. The molecule has 0 spiro atoms. The highest BCUT2D eigenvalue weighted by atomic mass is 16.1. The highest BCUT2D eigenvalue weighted by Crippen LogP contribution is 2.11. The predicted octanol–water partition coefficient (Wildman–Crippen LogP) is 6.10. The standard InChI is InChI=1S/C20H29O/c21-19-15-10-8-6-4-2-1-3-5-7-9-12-16-20-17-13-11-14-18-20/h11-14,16-18H,1-10,15H2/b16-12+. The molecule has 1 aromatic rings. The van der Waals surface area contributed by atoms with E-state index in [1.807, 2.05) is 6.29 Å². The van der Waals surface area contributed by atoms with Gasteiger partial charge in [-0.3, -0.25) is 4.79 Å². The van der Waals surface area contributed by atoms with Crippen LogP contribution >= 0.6 is 0 Å². The molecular formula is C20H29O. The van der Waals surface area contributed by atoms with Crippen molar-refractivity contribution in [2.45, 2.75) is 70.6 Å². The zero-order chi connectivity index (χ0) is 15.0. The second-order valence-electron chi connectivity index (χ2n) is 5.68. The van der Waals surface area contributed by atoms with Gasteiger partial charge in [0.15, 0.2) is 6.29 Å². The summed E-state index contributed by atoms with van der Waals surface area (Å²) < 4.78 is 0. The van der Waals surface area contributed by atoms with Crippen molar-refractivity contribution in [2.24, 2.45) is 0 Å². The van der Waals surface area contributed by atoms with Crippen LogP contribution in [0.15, 0.2) is 36.4 Å². The molecule has 0 N–H and O–H groups in total. The Balaban J connectivity index is 1.82. The van der Waals surface area contributed by atoms with Crippen LogP contribution in [0.25, 0.3) is 6.08 Å². The second-order valence-corrected chi connectivity index (χ2v) is 5.68. The molecular weight excluding hydrogens is 256 g/mol. The summed E-state index contributed by atoms with van der Waals surface area (Å²) in [4.78, 5) is 10.0. The van der Waals surface area contributed by atoms with Crippen LogP contribution in [0.3, 0.4) is 0 Å². The van der Waals surface area contributed by atoms with Crippen molar-refractivity contribution in [3.05, 3.63) is 42.0 Å². The van der Waals surface area contributed by atoms with Crippen molar-refractivity contribution < 1.29 is 4.79 Å². The van der Waals surface area contributed by atoms with Gasteiger partial charge in [-0.25, -0.2) is 0 Å². The molecule has 0 aliphatic rings. The molecule has 0 saturated heterocycles. The van der Waals surface area contributed by atoms with Crippen LogP contribution in [-0.4, -0.2) is 6.29 Å². The van der Waals surface area contributed by atoms with E-state index < -0.39 is 0 Å². The maximum Gasteiger partial charge on any atom is 0.198 e. The molecule has 0 aliphatic heterocycles. The lowest BCUT2D eigenvalue weighted by Gasteiger charge is -2.01. The fourth-order valence-electron chi connectivity index (χ4n) is 2.48. The minimum Gasteiger partial charge on any atom is -0.291 e. The summed E-state index contributed by atoms with van der Waals surface area (Å²) in [6.45, 7) is 0. The van der Waals surface area contributed by atoms with Crippen molar-refractivity contribution in [3.8, 4) is 0 Å².